The first-order chi connectivity index (χ1) is 8.91. The van der Waals surface area contributed by atoms with Crippen LogP contribution in [0.1, 0.15) is 11.3 Å². The van der Waals surface area contributed by atoms with Crippen LogP contribution >= 0.6 is 11.6 Å². The number of rotatable bonds is 1. The molecule has 0 spiro atoms. The van der Waals surface area contributed by atoms with Crippen molar-refractivity contribution in [3.05, 3.63) is 52.7 Å². The molecular weight excluding hydrogens is 277 g/mol. The van der Waals surface area contributed by atoms with Crippen LogP contribution in [0.5, 0.6) is 0 Å². The predicted octanol–water partition coefficient (Wildman–Crippen LogP) is 4.29. The summed E-state index contributed by atoms with van der Waals surface area (Å²) in [6, 6.07) is 9.89. The summed E-state index contributed by atoms with van der Waals surface area (Å²) >= 11 is 5.79. The van der Waals surface area contributed by atoms with Gasteiger partial charge in [-0.3, -0.25) is 0 Å². The lowest BCUT2D eigenvalue weighted by Gasteiger charge is -2.09. The Morgan fingerprint density at radius 2 is 1.89 bits per heavy atom. The van der Waals surface area contributed by atoms with Gasteiger partial charge in [0.1, 0.15) is 11.8 Å². The molecule has 0 radical (unpaired) electrons. The topological polar surface area (TPSA) is 36.7 Å². The van der Waals surface area contributed by atoms with Gasteiger partial charge in [0, 0.05) is 10.6 Å². The van der Waals surface area contributed by atoms with E-state index < -0.39 is 11.9 Å². The van der Waals surface area contributed by atoms with E-state index in [2.05, 4.69) is 4.98 Å². The van der Waals surface area contributed by atoms with Gasteiger partial charge < -0.3 is 0 Å². The summed E-state index contributed by atoms with van der Waals surface area (Å²) in [5, 5.41) is 9.30. The molecule has 0 N–H and O–H groups in total. The molecule has 0 atom stereocenters. The van der Waals surface area contributed by atoms with Gasteiger partial charge in [-0.15, -0.1) is 0 Å². The number of nitrogens with zero attached hydrogens (tertiary/aromatic N) is 2. The lowest BCUT2D eigenvalue weighted by molar-refractivity contribution is -0.141. The second-order valence-corrected chi connectivity index (χ2v) is 4.15. The predicted molar refractivity (Wildman–Crippen MR) is 64.4 cm³/mol. The van der Waals surface area contributed by atoms with Crippen molar-refractivity contribution in [2.75, 3.05) is 0 Å². The number of alkyl halides is 3. The van der Waals surface area contributed by atoms with Crippen molar-refractivity contribution in [2.45, 2.75) is 6.18 Å². The Kier molecular flexibility index (Phi) is 3.45. The number of halogens is 4. The number of hydrogen-bond donors (Lipinski definition) is 0. The highest BCUT2D eigenvalue weighted by molar-refractivity contribution is 6.30. The molecule has 1 aromatic heterocycles. The summed E-state index contributed by atoms with van der Waals surface area (Å²) in [6.07, 6.45) is -4.55. The number of pyridine rings is 1. The Bertz CT molecular complexity index is 660. The van der Waals surface area contributed by atoms with E-state index in [-0.39, 0.29) is 11.3 Å². The van der Waals surface area contributed by atoms with Gasteiger partial charge in [-0.2, -0.15) is 18.4 Å². The number of hydrogen-bond acceptors (Lipinski definition) is 2. The smallest absolute Gasteiger partial charge is 0.242 e. The van der Waals surface area contributed by atoms with E-state index in [1.165, 1.54) is 6.07 Å². The van der Waals surface area contributed by atoms with Crippen LogP contribution in [-0.4, -0.2) is 4.98 Å². The van der Waals surface area contributed by atoms with Gasteiger partial charge in [0.15, 0.2) is 0 Å². The third-order valence-electron chi connectivity index (χ3n) is 2.40. The standard InChI is InChI=1S/C13H6ClF3N2/c14-10-3-1-2-8(6-10)12-9(7-18)4-5-11(19-12)13(15,16)17/h1-6H. The second kappa shape index (κ2) is 4.90. The molecule has 0 aliphatic carbocycles. The maximum absolute atomic E-state index is 12.6. The molecule has 0 saturated carbocycles. The van der Waals surface area contributed by atoms with Crippen LogP contribution in [-0.2, 0) is 6.18 Å². The molecular formula is C13H6ClF3N2. The highest BCUT2D eigenvalue weighted by atomic mass is 35.5. The van der Waals surface area contributed by atoms with Crippen LogP contribution in [0.3, 0.4) is 0 Å². The van der Waals surface area contributed by atoms with Crippen LogP contribution in [0.4, 0.5) is 13.2 Å². The summed E-state index contributed by atoms with van der Waals surface area (Å²) < 4.78 is 37.9. The highest BCUT2D eigenvalue weighted by Gasteiger charge is 2.33. The van der Waals surface area contributed by atoms with E-state index in [0.717, 1.165) is 12.1 Å². The van der Waals surface area contributed by atoms with E-state index in [1.54, 1.807) is 18.2 Å². The van der Waals surface area contributed by atoms with Crippen molar-refractivity contribution >= 4 is 11.6 Å². The highest BCUT2D eigenvalue weighted by Crippen LogP contribution is 2.31. The van der Waals surface area contributed by atoms with E-state index in [0.29, 0.717) is 10.6 Å². The third kappa shape index (κ3) is 2.85. The zero-order chi connectivity index (χ0) is 14.0. The lowest BCUT2D eigenvalue weighted by Crippen LogP contribution is -2.09. The summed E-state index contributed by atoms with van der Waals surface area (Å²) in [4.78, 5) is 3.52. The van der Waals surface area contributed by atoms with Gasteiger partial charge in [0.25, 0.3) is 0 Å². The summed E-state index contributed by atoms with van der Waals surface area (Å²) in [5.74, 6) is 0. The van der Waals surface area contributed by atoms with Crippen molar-refractivity contribution in [3.63, 3.8) is 0 Å². The molecule has 1 aromatic carbocycles. The Hall–Kier alpha value is -2.06. The first-order valence-electron chi connectivity index (χ1n) is 5.16. The monoisotopic (exact) mass is 282 g/mol. The molecule has 0 saturated heterocycles. The van der Waals surface area contributed by atoms with Crippen molar-refractivity contribution in [3.8, 4) is 17.3 Å². The van der Waals surface area contributed by atoms with E-state index >= 15 is 0 Å². The largest absolute Gasteiger partial charge is 0.433 e. The molecule has 2 nitrogen and oxygen atoms in total. The van der Waals surface area contributed by atoms with Gasteiger partial charge in [-0.25, -0.2) is 4.98 Å². The van der Waals surface area contributed by atoms with Crippen LogP contribution in [0.2, 0.25) is 5.02 Å². The third-order valence-corrected chi connectivity index (χ3v) is 2.64. The van der Waals surface area contributed by atoms with E-state index in [4.69, 9.17) is 16.9 Å². The fourth-order valence-corrected chi connectivity index (χ4v) is 1.75. The Morgan fingerprint density at radius 1 is 1.16 bits per heavy atom. The van der Waals surface area contributed by atoms with Crippen LogP contribution in [0.15, 0.2) is 36.4 Å². The molecule has 0 bridgehead atoms. The van der Waals surface area contributed by atoms with Gasteiger partial charge >= 0.3 is 6.18 Å². The number of nitriles is 1. The van der Waals surface area contributed by atoms with Gasteiger partial charge in [-0.1, -0.05) is 23.7 Å². The zero-order valence-corrected chi connectivity index (χ0v) is 10.1. The van der Waals surface area contributed by atoms with Crippen LogP contribution < -0.4 is 0 Å². The molecule has 0 aliphatic heterocycles. The SMILES string of the molecule is N#Cc1ccc(C(F)(F)F)nc1-c1cccc(Cl)c1. The minimum atomic E-state index is -4.55. The lowest BCUT2D eigenvalue weighted by atomic mass is 10.1. The molecule has 1 heterocycles. The normalized spacial score (nSPS) is 11.1. The van der Waals surface area contributed by atoms with Crippen molar-refractivity contribution in [1.29, 1.82) is 5.26 Å². The fourth-order valence-electron chi connectivity index (χ4n) is 1.56. The summed E-state index contributed by atoms with van der Waals surface area (Å²) in [6.45, 7) is 0. The number of benzene rings is 1. The van der Waals surface area contributed by atoms with Crippen molar-refractivity contribution in [2.24, 2.45) is 0 Å². The second-order valence-electron chi connectivity index (χ2n) is 3.71. The van der Waals surface area contributed by atoms with Gasteiger partial charge in [-0.05, 0) is 24.3 Å². The Labute approximate surface area is 112 Å². The summed E-state index contributed by atoms with van der Waals surface area (Å²) in [7, 11) is 0. The molecule has 2 aromatic rings. The first-order valence-corrected chi connectivity index (χ1v) is 5.54. The van der Waals surface area contributed by atoms with E-state index in [1.807, 2.05) is 6.07 Å². The quantitative estimate of drug-likeness (QED) is 0.782. The Morgan fingerprint density at radius 3 is 2.47 bits per heavy atom. The molecule has 0 amide bonds. The molecule has 2 rings (SSSR count). The van der Waals surface area contributed by atoms with E-state index in [9.17, 15) is 13.2 Å². The molecule has 96 valence electrons. The van der Waals surface area contributed by atoms with Gasteiger partial charge in [0.05, 0.1) is 11.3 Å². The average molecular weight is 283 g/mol. The van der Waals surface area contributed by atoms with Crippen molar-refractivity contribution < 1.29 is 13.2 Å². The van der Waals surface area contributed by atoms with Crippen LogP contribution in [0.25, 0.3) is 11.3 Å². The molecule has 0 unspecified atom stereocenters. The Balaban J connectivity index is 2.64. The maximum atomic E-state index is 12.6. The zero-order valence-electron chi connectivity index (χ0n) is 9.37. The average Bonchev–Trinajstić information content (AvgIpc) is 2.37. The molecule has 19 heavy (non-hydrogen) atoms. The van der Waals surface area contributed by atoms with Gasteiger partial charge in [0.2, 0.25) is 0 Å². The minimum Gasteiger partial charge on any atom is -0.242 e. The summed E-state index contributed by atoms with van der Waals surface area (Å²) in [5.41, 5.74) is -0.633. The number of aromatic nitrogens is 1. The minimum absolute atomic E-state index is 0.0279. The fraction of sp³-hybridized carbons (Fsp3) is 0.0769. The van der Waals surface area contributed by atoms with Crippen molar-refractivity contribution in [1.82, 2.24) is 4.98 Å². The molecule has 0 fully saturated rings. The molecule has 0 aliphatic rings. The van der Waals surface area contributed by atoms with Crippen LogP contribution in [0, 0.1) is 11.3 Å². The molecule has 6 heteroatoms. The first kappa shape index (κ1) is 13.4. The maximum Gasteiger partial charge on any atom is 0.433 e.